The van der Waals surface area contributed by atoms with Crippen LogP contribution in [0.15, 0.2) is 54.6 Å². The first-order valence-electron chi connectivity index (χ1n) is 6.27. The number of aliphatic hydroxyl groups excluding tert-OH is 1. The molecular formula is C17H16O. The first kappa shape index (κ1) is 11.2. The average molecular weight is 236 g/mol. The van der Waals surface area contributed by atoms with Crippen molar-refractivity contribution in [2.24, 2.45) is 0 Å². The molecule has 0 saturated carbocycles. The Balaban J connectivity index is 2.00. The molecule has 0 unspecified atom stereocenters. The molecule has 18 heavy (non-hydrogen) atoms. The van der Waals surface area contributed by atoms with Crippen molar-refractivity contribution in [2.75, 3.05) is 0 Å². The molecule has 2 aromatic carbocycles. The highest BCUT2D eigenvalue weighted by molar-refractivity contribution is 5.59. The lowest BCUT2D eigenvalue weighted by atomic mass is 9.82. The summed E-state index contributed by atoms with van der Waals surface area (Å²) in [7, 11) is 0. The fourth-order valence-electron chi connectivity index (χ4n) is 2.52. The summed E-state index contributed by atoms with van der Waals surface area (Å²) in [6.45, 7) is 2.08. The molecule has 0 heterocycles. The van der Waals surface area contributed by atoms with Crippen molar-refractivity contribution in [2.45, 2.75) is 18.9 Å². The predicted molar refractivity (Wildman–Crippen MR) is 74.4 cm³/mol. The summed E-state index contributed by atoms with van der Waals surface area (Å²) in [6.07, 6.45) is 3.75. The zero-order valence-corrected chi connectivity index (χ0v) is 10.4. The fraction of sp³-hybridized carbons (Fsp3) is 0.176. The van der Waals surface area contributed by atoms with Crippen LogP contribution in [0.4, 0.5) is 0 Å². The average Bonchev–Trinajstić information content (AvgIpc) is 2.41. The molecule has 0 aromatic heterocycles. The minimum atomic E-state index is -0.450. The topological polar surface area (TPSA) is 20.2 Å². The van der Waals surface area contributed by atoms with Crippen molar-refractivity contribution in [3.63, 3.8) is 0 Å². The van der Waals surface area contributed by atoms with Crippen LogP contribution < -0.4 is 0 Å². The van der Waals surface area contributed by atoms with E-state index < -0.39 is 6.10 Å². The molecular weight excluding hydrogens is 220 g/mol. The quantitative estimate of drug-likeness (QED) is 0.797. The van der Waals surface area contributed by atoms with Gasteiger partial charge in [0.15, 0.2) is 0 Å². The fourth-order valence-corrected chi connectivity index (χ4v) is 2.52. The SMILES string of the molecule is Cc1ccc([C@H]2C=Cc3ccccc3[C@H]2O)cc1. The van der Waals surface area contributed by atoms with Crippen molar-refractivity contribution in [3.05, 3.63) is 76.9 Å². The molecule has 3 rings (SSSR count). The molecule has 0 spiro atoms. The Hall–Kier alpha value is -1.86. The number of hydrogen-bond donors (Lipinski definition) is 1. The zero-order chi connectivity index (χ0) is 12.5. The van der Waals surface area contributed by atoms with Gasteiger partial charge in [0, 0.05) is 5.92 Å². The van der Waals surface area contributed by atoms with Crippen LogP contribution in [0.2, 0.25) is 0 Å². The van der Waals surface area contributed by atoms with Gasteiger partial charge in [-0.1, -0.05) is 66.2 Å². The number of rotatable bonds is 1. The van der Waals surface area contributed by atoms with Crippen LogP contribution in [0.25, 0.3) is 6.08 Å². The molecule has 0 amide bonds. The molecule has 1 N–H and O–H groups in total. The van der Waals surface area contributed by atoms with E-state index in [4.69, 9.17) is 0 Å². The largest absolute Gasteiger partial charge is 0.387 e. The first-order valence-corrected chi connectivity index (χ1v) is 6.27. The van der Waals surface area contributed by atoms with Gasteiger partial charge < -0.3 is 5.11 Å². The standard InChI is InChI=1S/C17H16O/c1-12-6-8-14(9-7-12)16-11-10-13-4-2-3-5-15(13)17(16)18/h2-11,16-18H,1H3/t16-,17-/m1/s1. The Morgan fingerprint density at radius 1 is 0.944 bits per heavy atom. The molecule has 0 bridgehead atoms. The summed E-state index contributed by atoms with van der Waals surface area (Å²) in [4.78, 5) is 0. The second-order valence-electron chi connectivity index (χ2n) is 4.87. The van der Waals surface area contributed by atoms with Gasteiger partial charge in [-0.05, 0) is 23.6 Å². The number of aliphatic hydroxyl groups is 1. The lowest BCUT2D eigenvalue weighted by Gasteiger charge is -2.26. The maximum atomic E-state index is 10.5. The van der Waals surface area contributed by atoms with E-state index in [1.165, 1.54) is 11.1 Å². The minimum absolute atomic E-state index is 0.0560. The lowest BCUT2D eigenvalue weighted by Crippen LogP contribution is -2.13. The molecule has 0 radical (unpaired) electrons. The Bertz CT molecular complexity index is 581. The summed E-state index contributed by atoms with van der Waals surface area (Å²) in [5.41, 5.74) is 4.55. The smallest absolute Gasteiger partial charge is 0.0899 e. The predicted octanol–water partition coefficient (Wildman–Crippen LogP) is 3.84. The van der Waals surface area contributed by atoms with Gasteiger partial charge in [-0.25, -0.2) is 0 Å². The Labute approximate surface area is 107 Å². The van der Waals surface area contributed by atoms with Crippen molar-refractivity contribution in [1.82, 2.24) is 0 Å². The van der Waals surface area contributed by atoms with E-state index >= 15 is 0 Å². The maximum Gasteiger partial charge on any atom is 0.0899 e. The normalized spacial score (nSPS) is 21.7. The zero-order valence-electron chi connectivity index (χ0n) is 10.4. The van der Waals surface area contributed by atoms with E-state index in [0.29, 0.717) is 0 Å². The van der Waals surface area contributed by atoms with E-state index in [-0.39, 0.29) is 5.92 Å². The van der Waals surface area contributed by atoms with E-state index in [1.54, 1.807) is 0 Å². The Morgan fingerprint density at radius 2 is 1.67 bits per heavy atom. The second kappa shape index (κ2) is 4.43. The summed E-state index contributed by atoms with van der Waals surface area (Å²) in [5.74, 6) is 0.0560. The number of aryl methyl sites for hydroxylation is 1. The maximum absolute atomic E-state index is 10.5. The van der Waals surface area contributed by atoms with Crippen LogP contribution in [-0.4, -0.2) is 5.11 Å². The van der Waals surface area contributed by atoms with Gasteiger partial charge in [0.25, 0.3) is 0 Å². The Morgan fingerprint density at radius 3 is 2.44 bits per heavy atom. The second-order valence-corrected chi connectivity index (χ2v) is 4.87. The van der Waals surface area contributed by atoms with Crippen molar-refractivity contribution >= 4 is 6.08 Å². The van der Waals surface area contributed by atoms with Crippen LogP contribution in [0, 0.1) is 6.92 Å². The Kier molecular flexibility index (Phi) is 2.77. The summed E-state index contributed by atoms with van der Waals surface area (Å²) >= 11 is 0. The van der Waals surface area contributed by atoms with Gasteiger partial charge in [0.05, 0.1) is 6.10 Å². The third kappa shape index (κ3) is 1.87. The third-order valence-corrected chi connectivity index (χ3v) is 3.60. The highest BCUT2D eigenvalue weighted by Gasteiger charge is 2.24. The van der Waals surface area contributed by atoms with Crippen LogP contribution in [0.5, 0.6) is 0 Å². The molecule has 2 aromatic rings. The molecule has 1 nitrogen and oxygen atoms in total. The van der Waals surface area contributed by atoms with Crippen molar-refractivity contribution < 1.29 is 5.11 Å². The van der Waals surface area contributed by atoms with Crippen LogP contribution in [0.3, 0.4) is 0 Å². The third-order valence-electron chi connectivity index (χ3n) is 3.60. The van der Waals surface area contributed by atoms with Gasteiger partial charge in [-0.15, -0.1) is 0 Å². The minimum Gasteiger partial charge on any atom is -0.387 e. The molecule has 0 aliphatic heterocycles. The highest BCUT2D eigenvalue weighted by atomic mass is 16.3. The van der Waals surface area contributed by atoms with Gasteiger partial charge in [0.2, 0.25) is 0 Å². The summed E-state index contributed by atoms with van der Waals surface area (Å²) in [6, 6.07) is 16.4. The number of benzene rings is 2. The number of fused-ring (bicyclic) bond motifs is 1. The van der Waals surface area contributed by atoms with Gasteiger partial charge in [-0.3, -0.25) is 0 Å². The van der Waals surface area contributed by atoms with Crippen molar-refractivity contribution in [3.8, 4) is 0 Å². The van der Waals surface area contributed by atoms with E-state index in [9.17, 15) is 5.11 Å². The van der Waals surface area contributed by atoms with E-state index in [0.717, 1.165) is 11.1 Å². The molecule has 90 valence electrons. The van der Waals surface area contributed by atoms with E-state index in [2.05, 4.69) is 43.3 Å². The summed E-state index contributed by atoms with van der Waals surface area (Å²) < 4.78 is 0. The van der Waals surface area contributed by atoms with Crippen LogP contribution in [0.1, 0.15) is 34.3 Å². The van der Waals surface area contributed by atoms with Gasteiger partial charge in [-0.2, -0.15) is 0 Å². The molecule has 1 aliphatic rings. The highest BCUT2D eigenvalue weighted by Crippen LogP contribution is 2.38. The molecule has 0 saturated heterocycles. The number of hydrogen-bond acceptors (Lipinski definition) is 1. The lowest BCUT2D eigenvalue weighted by molar-refractivity contribution is 0.160. The molecule has 1 heteroatoms. The van der Waals surface area contributed by atoms with Crippen molar-refractivity contribution in [1.29, 1.82) is 0 Å². The van der Waals surface area contributed by atoms with E-state index in [1.807, 2.05) is 24.3 Å². The molecule has 1 aliphatic carbocycles. The first-order chi connectivity index (χ1) is 8.75. The monoisotopic (exact) mass is 236 g/mol. The molecule has 0 fully saturated rings. The van der Waals surface area contributed by atoms with Gasteiger partial charge in [0.1, 0.15) is 0 Å². The molecule has 2 atom stereocenters. The van der Waals surface area contributed by atoms with Crippen LogP contribution in [-0.2, 0) is 0 Å². The van der Waals surface area contributed by atoms with Crippen LogP contribution >= 0.6 is 0 Å². The van der Waals surface area contributed by atoms with Gasteiger partial charge >= 0.3 is 0 Å². The summed E-state index contributed by atoms with van der Waals surface area (Å²) in [5, 5.41) is 10.5.